The molecule has 0 aromatic heterocycles. The first-order valence-corrected chi connectivity index (χ1v) is 6.82. The van der Waals surface area contributed by atoms with Crippen LogP contribution in [-0.4, -0.2) is 50.1 Å². The Morgan fingerprint density at radius 1 is 1.53 bits per heavy atom. The third-order valence-electron chi connectivity index (χ3n) is 4.22. The molecule has 4 heteroatoms. The molecule has 0 aromatic carbocycles. The summed E-state index contributed by atoms with van der Waals surface area (Å²) in [6.45, 7) is 6.31. The van der Waals surface area contributed by atoms with Gasteiger partial charge < -0.3 is 15.5 Å². The summed E-state index contributed by atoms with van der Waals surface area (Å²) in [7, 11) is 1.74. The summed E-state index contributed by atoms with van der Waals surface area (Å²) in [5.41, 5.74) is -0.177. The molecule has 17 heavy (non-hydrogen) atoms. The molecule has 2 heterocycles. The van der Waals surface area contributed by atoms with Crippen LogP contribution in [0.5, 0.6) is 0 Å². The van der Waals surface area contributed by atoms with Crippen LogP contribution < -0.4 is 10.6 Å². The zero-order chi connectivity index (χ0) is 12.3. The second-order valence-electron chi connectivity index (χ2n) is 5.77. The summed E-state index contributed by atoms with van der Waals surface area (Å²) < 4.78 is 0. The van der Waals surface area contributed by atoms with Gasteiger partial charge in [-0.05, 0) is 39.3 Å². The lowest BCUT2D eigenvalue weighted by atomic mass is 9.89. The third kappa shape index (κ3) is 2.99. The number of hydrogen-bond acceptors (Lipinski definition) is 3. The number of nitrogens with one attached hydrogen (secondary N) is 2. The molecule has 2 unspecified atom stereocenters. The number of piperidine rings is 1. The minimum atomic E-state index is -0.177. The number of carbonyl (C=O) groups is 1. The molecule has 1 amide bonds. The SMILES string of the molecule is CNC(=O)C1(C)CCN(CC2CCCCN2)C1. The van der Waals surface area contributed by atoms with Crippen molar-refractivity contribution in [2.45, 2.75) is 38.6 Å². The zero-order valence-corrected chi connectivity index (χ0v) is 11.1. The second-order valence-corrected chi connectivity index (χ2v) is 5.77. The summed E-state index contributed by atoms with van der Waals surface area (Å²) in [6.07, 6.45) is 4.93. The van der Waals surface area contributed by atoms with E-state index in [1.807, 2.05) is 0 Å². The molecule has 0 bridgehead atoms. The topological polar surface area (TPSA) is 44.4 Å². The maximum atomic E-state index is 11.8. The van der Waals surface area contributed by atoms with Gasteiger partial charge in [0.2, 0.25) is 5.91 Å². The van der Waals surface area contributed by atoms with Crippen LogP contribution >= 0.6 is 0 Å². The molecule has 2 saturated heterocycles. The maximum Gasteiger partial charge on any atom is 0.227 e. The number of carbonyl (C=O) groups excluding carboxylic acids is 1. The number of hydrogen-bond donors (Lipinski definition) is 2. The first-order chi connectivity index (χ1) is 8.14. The van der Waals surface area contributed by atoms with Crippen LogP contribution in [0.1, 0.15) is 32.6 Å². The predicted molar refractivity (Wildman–Crippen MR) is 68.9 cm³/mol. The van der Waals surface area contributed by atoms with Gasteiger partial charge in [-0.15, -0.1) is 0 Å². The van der Waals surface area contributed by atoms with Gasteiger partial charge in [-0.3, -0.25) is 4.79 Å². The Kier molecular flexibility index (Phi) is 4.05. The first kappa shape index (κ1) is 12.8. The van der Waals surface area contributed by atoms with E-state index in [0.29, 0.717) is 6.04 Å². The van der Waals surface area contributed by atoms with E-state index in [9.17, 15) is 4.79 Å². The van der Waals surface area contributed by atoms with Crippen molar-refractivity contribution >= 4 is 5.91 Å². The summed E-state index contributed by atoms with van der Waals surface area (Å²) >= 11 is 0. The van der Waals surface area contributed by atoms with Gasteiger partial charge in [0.15, 0.2) is 0 Å². The average molecular weight is 239 g/mol. The van der Waals surface area contributed by atoms with Crippen LogP contribution in [-0.2, 0) is 4.79 Å². The van der Waals surface area contributed by atoms with Crippen LogP contribution in [0.3, 0.4) is 0 Å². The van der Waals surface area contributed by atoms with E-state index in [1.54, 1.807) is 7.05 Å². The molecule has 2 N–H and O–H groups in total. The van der Waals surface area contributed by atoms with Crippen LogP contribution in [0.4, 0.5) is 0 Å². The summed E-state index contributed by atoms with van der Waals surface area (Å²) in [5.74, 6) is 0.191. The fourth-order valence-corrected chi connectivity index (χ4v) is 3.09. The monoisotopic (exact) mass is 239 g/mol. The fourth-order valence-electron chi connectivity index (χ4n) is 3.09. The highest BCUT2D eigenvalue weighted by molar-refractivity contribution is 5.82. The Labute approximate surface area is 104 Å². The first-order valence-electron chi connectivity index (χ1n) is 6.82. The predicted octanol–water partition coefficient (Wildman–Crippen LogP) is 0.587. The van der Waals surface area contributed by atoms with Gasteiger partial charge in [-0.2, -0.15) is 0 Å². The van der Waals surface area contributed by atoms with E-state index in [0.717, 1.165) is 32.6 Å². The van der Waals surface area contributed by atoms with Gasteiger partial charge in [0.25, 0.3) is 0 Å². The molecular formula is C13H25N3O. The minimum absolute atomic E-state index is 0.177. The van der Waals surface area contributed by atoms with Crippen molar-refractivity contribution in [3.05, 3.63) is 0 Å². The molecule has 0 radical (unpaired) electrons. The summed E-state index contributed by atoms with van der Waals surface area (Å²) in [5, 5.41) is 6.36. The molecule has 2 aliphatic rings. The summed E-state index contributed by atoms with van der Waals surface area (Å²) in [4.78, 5) is 14.3. The standard InChI is InChI=1S/C13H25N3O/c1-13(12(17)14-2)6-8-16(10-13)9-11-5-3-4-7-15-11/h11,15H,3-10H2,1-2H3,(H,14,17). The molecule has 2 fully saturated rings. The number of rotatable bonds is 3. The molecule has 0 spiro atoms. The summed E-state index contributed by atoms with van der Waals surface area (Å²) in [6, 6.07) is 0.635. The van der Waals surface area contributed by atoms with E-state index < -0.39 is 0 Å². The van der Waals surface area contributed by atoms with Gasteiger partial charge in [-0.1, -0.05) is 6.42 Å². The molecule has 0 aromatic rings. The number of amides is 1. The Morgan fingerprint density at radius 3 is 3.00 bits per heavy atom. The van der Waals surface area contributed by atoms with Crippen LogP contribution in [0.25, 0.3) is 0 Å². The average Bonchev–Trinajstić information content (AvgIpc) is 2.72. The zero-order valence-electron chi connectivity index (χ0n) is 11.1. The third-order valence-corrected chi connectivity index (χ3v) is 4.22. The van der Waals surface area contributed by atoms with E-state index >= 15 is 0 Å². The van der Waals surface area contributed by atoms with Crippen molar-refractivity contribution < 1.29 is 4.79 Å². The van der Waals surface area contributed by atoms with Gasteiger partial charge in [0.05, 0.1) is 5.41 Å². The van der Waals surface area contributed by atoms with Gasteiger partial charge >= 0.3 is 0 Å². The quantitative estimate of drug-likeness (QED) is 0.757. The highest BCUT2D eigenvalue weighted by Crippen LogP contribution is 2.30. The van der Waals surface area contributed by atoms with Crippen LogP contribution in [0.2, 0.25) is 0 Å². The molecular weight excluding hydrogens is 214 g/mol. The molecule has 4 nitrogen and oxygen atoms in total. The lowest BCUT2D eigenvalue weighted by Gasteiger charge is -2.29. The fraction of sp³-hybridized carbons (Fsp3) is 0.923. The second kappa shape index (κ2) is 5.36. The molecule has 0 saturated carbocycles. The lowest BCUT2D eigenvalue weighted by molar-refractivity contribution is -0.129. The van der Waals surface area contributed by atoms with Gasteiger partial charge in [0, 0.05) is 26.2 Å². The minimum Gasteiger partial charge on any atom is -0.359 e. The highest BCUT2D eigenvalue weighted by Gasteiger charge is 2.40. The Bertz CT molecular complexity index is 276. The van der Waals surface area contributed by atoms with Crippen molar-refractivity contribution in [1.29, 1.82) is 0 Å². The maximum absolute atomic E-state index is 11.8. The van der Waals surface area contributed by atoms with Crippen LogP contribution in [0.15, 0.2) is 0 Å². The molecule has 2 atom stereocenters. The van der Waals surface area contributed by atoms with E-state index in [1.165, 1.54) is 19.3 Å². The van der Waals surface area contributed by atoms with Crippen LogP contribution in [0, 0.1) is 5.41 Å². The van der Waals surface area contributed by atoms with Crippen molar-refractivity contribution in [2.75, 3.05) is 33.2 Å². The molecule has 2 aliphatic heterocycles. The Morgan fingerprint density at radius 2 is 2.35 bits per heavy atom. The molecule has 98 valence electrons. The highest BCUT2D eigenvalue weighted by atomic mass is 16.2. The molecule has 0 aliphatic carbocycles. The van der Waals surface area contributed by atoms with Crippen molar-refractivity contribution in [3.63, 3.8) is 0 Å². The lowest BCUT2D eigenvalue weighted by Crippen LogP contribution is -2.45. The molecule has 2 rings (SSSR count). The van der Waals surface area contributed by atoms with Gasteiger partial charge in [-0.25, -0.2) is 0 Å². The Hall–Kier alpha value is -0.610. The van der Waals surface area contributed by atoms with E-state index in [4.69, 9.17) is 0 Å². The van der Waals surface area contributed by atoms with Crippen molar-refractivity contribution in [1.82, 2.24) is 15.5 Å². The number of nitrogens with zero attached hydrogens (tertiary/aromatic N) is 1. The van der Waals surface area contributed by atoms with Gasteiger partial charge in [0.1, 0.15) is 0 Å². The smallest absolute Gasteiger partial charge is 0.227 e. The Balaban J connectivity index is 1.82. The normalized spacial score (nSPS) is 34.8. The van der Waals surface area contributed by atoms with Crippen molar-refractivity contribution in [2.24, 2.45) is 5.41 Å². The largest absolute Gasteiger partial charge is 0.359 e. The van der Waals surface area contributed by atoms with Crippen molar-refractivity contribution in [3.8, 4) is 0 Å². The van der Waals surface area contributed by atoms with E-state index in [-0.39, 0.29) is 11.3 Å². The number of likely N-dealkylation sites (tertiary alicyclic amines) is 1. The van der Waals surface area contributed by atoms with E-state index in [2.05, 4.69) is 22.5 Å².